The number of imidazole rings is 1. The Kier molecular flexibility index (Phi) is 3.26. The molecule has 0 amide bonds. The molecule has 0 aliphatic carbocycles. The van der Waals surface area contributed by atoms with Gasteiger partial charge in [-0.15, -0.1) is 0 Å². The van der Waals surface area contributed by atoms with Crippen molar-refractivity contribution in [3.63, 3.8) is 0 Å². The first-order chi connectivity index (χ1) is 7.81. The molecular formula is C11H15N5. The predicted octanol–water partition coefficient (Wildman–Crippen LogP) is 0.987. The third-order valence-electron chi connectivity index (χ3n) is 2.32. The first kappa shape index (κ1) is 10.8. The monoisotopic (exact) mass is 217 g/mol. The Morgan fingerprint density at radius 1 is 1.44 bits per heavy atom. The summed E-state index contributed by atoms with van der Waals surface area (Å²) in [7, 11) is 1.93. The third-order valence-corrected chi connectivity index (χ3v) is 2.32. The van der Waals surface area contributed by atoms with E-state index in [9.17, 15) is 0 Å². The Bertz CT molecular complexity index is 463. The Morgan fingerprint density at radius 3 is 3.00 bits per heavy atom. The molecule has 84 valence electrons. The van der Waals surface area contributed by atoms with Crippen LogP contribution in [0.3, 0.4) is 0 Å². The minimum Gasteiger partial charge on any atom is -0.331 e. The standard InChI is InChI=1S/C11H15N5/c1-3-12-6-9-4-5-14-11(15-9)10-7-13-8-16(10)2/h4-5,7-8,12H,3,6H2,1-2H3. The normalized spacial score (nSPS) is 10.6. The van der Waals surface area contributed by atoms with Crippen molar-refractivity contribution in [2.45, 2.75) is 13.5 Å². The lowest BCUT2D eigenvalue weighted by Gasteiger charge is -2.04. The van der Waals surface area contributed by atoms with E-state index < -0.39 is 0 Å². The molecular weight excluding hydrogens is 202 g/mol. The molecule has 0 aliphatic rings. The van der Waals surface area contributed by atoms with E-state index in [1.165, 1.54) is 0 Å². The molecule has 0 saturated carbocycles. The number of aromatic nitrogens is 4. The van der Waals surface area contributed by atoms with Crippen LogP contribution in [0, 0.1) is 0 Å². The smallest absolute Gasteiger partial charge is 0.178 e. The van der Waals surface area contributed by atoms with Crippen LogP contribution in [0.5, 0.6) is 0 Å². The zero-order valence-electron chi connectivity index (χ0n) is 9.51. The minimum atomic E-state index is 0.718. The summed E-state index contributed by atoms with van der Waals surface area (Å²) >= 11 is 0. The number of hydrogen-bond donors (Lipinski definition) is 1. The van der Waals surface area contributed by atoms with Crippen LogP contribution >= 0.6 is 0 Å². The van der Waals surface area contributed by atoms with Crippen molar-refractivity contribution >= 4 is 0 Å². The van der Waals surface area contributed by atoms with Gasteiger partial charge in [-0.25, -0.2) is 15.0 Å². The van der Waals surface area contributed by atoms with Crippen LogP contribution in [0.25, 0.3) is 11.5 Å². The van der Waals surface area contributed by atoms with Gasteiger partial charge in [0.15, 0.2) is 5.82 Å². The van der Waals surface area contributed by atoms with E-state index in [1.807, 2.05) is 17.7 Å². The SMILES string of the molecule is CCNCc1ccnc(-c2cncn2C)n1. The minimum absolute atomic E-state index is 0.718. The van der Waals surface area contributed by atoms with Gasteiger partial charge in [-0.2, -0.15) is 0 Å². The predicted molar refractivity (Wildman–Crippen MR) is 61.6 cm³/mol. The van der Waals surface area contributed by atoms with E-state index in [1.54, 1.807) is 18.7 Å². The highest BCUT2D eigenvalue weighted by atomic mass is 15.1. The van der Waals surface area contributed by atoms with Crippen LogP contribution in [0.2, 0.25) is 0 Å². The average Bonchev–Trinajstić information content (AvgIpc) is 2.73. The molecule has 5 heteroatoms. The summed E-state index contributed by atoms with van der Waals surface area (Å²) in [6.45, 7) is 3.78. The van der Waals surface area contributed by atoms with E-state index in [0.717, 1.165) is 30.3 Å². The van der Waals surface area contributed by atoms with Gasteiger partial charge in [0.1, 0.15) is 5.69 Å². The largest absolute Gasteiger partial charge is 0.331 e. The van der Waals surface area contributed by atoms with Crippen LogP contribution in [-0.4, -0.2) is 26.1 Å². The summed E-state index contributed by atoms with van der Waals surface area (Å²) in [6, 6.07) is 1.92. The summed E-state index contributed by atoms with van der Waals surface area (Å²) < 4.78 is 1.91. The lowest BCUT2D eigenvalue weighted by molar-refractivity contribution is 0.708. The van der Waals surface area contributed by atoms with E-state index in [2.05, 4.69) is 27.2 Å². The second-order valence-electron chi connectivity index (χ2n) is 3.54. The lowest BCUT2D eigenvalue weighted by atomic mass is 10.3. The third kappa shape index (κ3) is 2.25. The van der Waals surface area contributed by atoms with Crippen molar-refractivity contribution in [3.8, 4) is 11.5 Å². The van der Waals surface area contributed by atoms with Gasteiger partial charge in [-0.3, -0.25) is 0 Å². The van der Waals surface area contributed by atoms with E-state index in [4.69, 9.17) is 0 Å². The molecule has 0 radical (unpaired) electrons. The van der Waals surface area contributed by atoms with Crippen molar-refractivity contribution in [1.82, 2.24) is 24.8 Å². The second-order valence-corrected chi connectivity index (χ2v) is 3.54. The van der Waals surface area contributed by atoms with Crippen molar-refractivity contribution in [1.29, 1.82) is 0 Å². The van der Waals surface area contributed by atoms with Gasteiger partial charge in [0.05, 0.1) is 18.2 Å². The van der Waals surface area contributed by atoms with Crippen LogP contribution in [0.15, 0.2) is 24.8 Å². The van der Waals surface area contributed by atoms with Crippen LogP contribution in [0.1, 0.15) is 12.6 Å². The quantitative estimate of drug-likeness (QED) is 0.829. The number of rotatable bonds is 4. The summed E-state index contributed by atoms with van der Waals surface area (Å²) in [6.07, 6.45) is 5.30. The van der Waals surface area contributed by atoms with Gasteiger partial charge in [0.25, 0.3) is 0 Å². The van der Waals surface area contributed by atoms with Gasteiger partial charge < -0.3 is 9.88 Å². The average molecular weight is 217 g/mol. The van der Waals surface area contributed by atoms with Crippen LogP contribution in [0.4, 0.5) is 0 Å². The molecule has 0 spiro atoms. The Balaban J connectivity index is 2.26. The second kappa shape index (κ2) is 4.85. The van der Waals surface area contributed by atoms with E-state index in [0.29, 0.717) is 0 Å². The first-order valence-electron chi connectivity index (χ1n) is 5.30. The van der Waals surface area contributed by atoms with Crippen molar-refractivity contribution in [2.75, 3.05) is 6.54 Å². The maximum absolute atomic E-state index is 4.48. The molecule has 1 N–H and O–H groups in total. The van der Waals surface area contributed by atoms with Crippen LogP contribution < -0.4 is 5.32 Å². The zero-order chi connectivity index (χ0) is 11.4. The lowest BCUT2D eigenvalue weighted by Crippen LogP contribution is -2.13. The molecule has 0 unspecified atom stereocenters. The summed E-state index contributed by atoms with van der Waals surface area (Å²) in [5.74, 6) is 0.718. The summed E-state index contributed by atoms with van der Waals surface area (Å²) in [5.41, 5.74) is 1.92. The van der Waals surface area contributed by atoms with Crippen LogP contribution in [-0.2, 0) is 13.6 Å². The first-order valence-corrected chi connectivity index (χ1v) is 5.30. The van der Waals surface area contributed by atoms with Gasteiger partial charge in [-0.1, -0.05) is 6.92 Å². The van der Waals surface area contributed by atoms with E-state index >= 15 is 0 Å². The molecule has 2 heterocycles. The molecule has 16 heavy (non-hydrogen) atoms. The number of nitrogens with one attached hydrogen (secondary N) is 1. The van der Waals surface area contributed by atoms with Gasteiger partial charge in [-0.05, 0) is 12.6 Å². The highest BCUT2D eigenvalue weighted by Gasteiger charge is 2.05. The molecule has 5 nitrogen and oxygen atoms in total. The fraction of sp³-hybridized carbons (Fsp3) is 0.364. The maximum atomic E-state index is 4.48. The number of nitrogens with zero attached hydrogens (tertiary/aromatic N) is 4. The zero-order valence-corrected chi connectivity index (χ0v) is 9.51. The van der Waals surface area contributed by atoms with Crippen molar-refractivity contribution in [3.05, 3.63) is 30.5 Å². The maximum Gasteiger partial charge on any atom is 0.178 e. The van der Waals surface area contributed by atoms with Crippen molar-refractivity contribution in [2.24, 2.45) is 7.05 Å². The molecule has 0 aliphatic heterocycles. The Hall–Kier alpha value is -1.75. The molecule has 0 fully saturated rings. The molecule has 2 aromatic heterocycles. The number of aryl methyl sites for hydroxylation is 1. The fourth-order valence-electron chi connectivity index (χ4n) is 1.44. The molecule has 2 aromatic rings. The van der Waals surface area contributed by atoms with Gasteiger partial charge >= 0.3 is 0 Å². The molecule has 2 rings (SSSR count). The van der Waals surface area contributed by atoms with Gasteiger partial charge in [0.2, 0.25) is 0 Å². The van der Waals surface area contributed by atoms with E-state index in [-0.39, 0.29) is 0 Å². The molecule has 0 atom stereocenters. The highest BCUT2D eigenvalue weighted by Crippen LogP contribution is 2.12. The topological polar surface area (TPSA) is 55.6 Å². The number of hydrogen-bond acceptors (Lipinski definition) is 4. The molecule has 0 bridgehead atoms. The summed E-state index contributed by atoms with van der Waals surface area (Å²) in [4.78, 5) is 12.8. The summed E-state index contributed by atoms with van der Waals surface area (Å²) in [5, 5.41) is 3.24. The Labute approximate surface area is 94.6 Å². The molecule has 0 aromatic carbocycles. The Morgan fingerprint density at radius 2 is 2.31 bits per heavy atom. The van der Waals surface area contributed by atoms with Gasteiger partial charge in [0, 0.05) is 19.8 Å². The van der Waals surface area contributed by atoms with Crippen molar-refractivity contribution < 1.29 is 0 Å². The fourth-order valence-corrected chi connectivity index (χ4v) is 1.44. The highest BCUT2D eigenvalue weighted by molar-refractivity contribution is 5.47. The molecule has 0 saturated heterocycles.